The fraction of sp³-hybridized carbons (Fsp3) is 0.346. The summed E-state index contributed by atoms with van der Waals surface area (Å²) in [6, 6.07) is 13.7. The summed E-state index contributed by atoms with van der Waals surface area (Å²) >= 11 is 0. The van der Waals surface area contributed by atoms with Crippen LogP contribution in [0.3, 0.4) is 0 Å². The number of aryl methyl sites for hydroxylation is 1. The first-order chi connectivity index (χ1) is 18.0. The van der Waals surface area contributed by atoms with Crippen LogP contribution < -0.4 is 14.4 Å². The first kappa shape index (κ1) is 23.0. The Hall–Kier alpha value is -4.41. The molecular weight excluding hydrogens is 476 g/mol. The van der Waals surface area contributed by atoms with Crippen LogP contribution in [-0.4, -0.2) is 77.1 Å². The third-order valence-corrected chi connectivity index (χ3v) is 6.69. The fourth-order valence-corrected chi connectivity index (χ4v) is 4.64. The lowest BCUT2D eigenvalue weighted by molar-refractivity contribution is -0.141. The van der Waals surface area contributed by atoms with Gasteiger partial charge in [0.05, 0.1) is 0 Å². The minimum absolute atomic E-state index is 0.115. The Morgan fingerprint density at radius 3 is 2.68 bits per heavy atom. The Bertz CT molecular complexity index is 1380. The molecule has 2 amide bonds. The van der Waals surface area contributed by atoms with E-state index < -0.39 is 0 Å². The van der Waals surface area contributed by atoms with E-state index in [0.29, 0.717) is 48.1 Å². The second-order valence-corrected chi connectivity index (χ2v) is 9.20. The molecule has 0 atom stereocenters. The highest BCUT2D eigenvalue weighted by Gasteiger charge is 2.29. The van der Waals surface area contributed by atoms with Crippen LogP contribution in [0, 0.1) is 6.92 Å². The van der Waals surface area contributed by atoms with Gasteiger partial charge in [-0.3, -0.25) is 9.59 Å². The van der Waals surface area contributed by atoms with Crippen LogP contribution in [0.15, 0.2) is 52.1 Å². The second kappa shape index (κ2) is 9.57. The normalized spacial score (nSPS) is 17.3. The quantitative estimate of drug-likeness (QED) is 0.523. The summed E-state index contributed by atoms with van der Waals surface area (Å²) in [5.41, 5.74) is 3.56. The first-order valence-electron chi connectivity index (χ1n) is 12.2. The van der Waals surface area contributed by atoms with Crippen molar-refractivity contribution >= 4 is 23.2 Å². The first-order valence-corrected chi connectivity index (χ1v) is 12.2. The fourth-order valence-electron chi connectivity index (χ4n) is 4.64. The Balaban J connectivity index is 1.11. The SMILES string of the molecule is Cc1cccc(N2CCN(C(=O)CN3N=C(c4nc(-c5ccc6c(c5)OCO6)no4)CCC3=O)CC2)c1. The Morgan fingerprint density at radius 1 is 1.00 bits per heavy atom. The summed E-state index contributed by atoms with van der Waals surface area (Å²) in [5.74, 6) is 1.56. The maximum Gasteiger partial charge on any atom is 0.274 e. The zero-order chi connectivity index (χ0) is 25.4. The lowest BCUT2D eigenvalue weighted by Gasteiger charge is -2.37. The van der Waals surface area contributed by atoms with Crippen LogP contribution in [0.25, 0.3) is 11.4 Å². The van der Waals surface area contributed by atoms with E-state index in [1.54, 1.807) is 17.0 Å². The highest BCUT2D eigenvalue weighted by Crippen LogP contribution is 2.35. The van der Waals surface area contributed by atoms with Crippen molar-refractivity contribution in [3.05, 3.63) is 53.9 Å². The number of carbonyl (C=O) groups excluding carboxylic acids is 2. The monoisotopic (exact) mass is 502 g/mol. The van der Waals surface area contributed by atoms with Gasteiger partial charge in [-0.1, -0.05) is 17.3 Å². The number of hydrogen-bond acceptors (Lipinski definition) is 9. The molecule has 0 N–H and O–H groups in total. The summed E-state index contributed by atoms with van der Waals surface area (Å²) in [6.07, 6.45) is 0.580. The van der Waals surface area contributed by atoms with Crippen LogP contribution in [0.4, 0.5) is 5.69 Å². The second-order valence-electron chi connectivity index (χ2n) is 9.20. The van der Waals surface area contributed by atoms with Crippen molar-refractivity contribution in [2.24, 2.45) is 5.10 Å². The van der Waals surface area contributed by atoms with Crippen LogP contribution in [0.5, 0.6) is 11.5 Å². The van der Waals surface area contributed by atoms with Crippen LogP contribution in [0.2, 0.25) is 0 Å². The van der Waals surface area contributed by atoms with Crippen molar-refractivity contribution in [1.82, 2.24) is 20.0 Å². The summed E-state index contributed by atoms with van der Waals surface area (Å²) in [5, 5.41) is 9.68. The third kappa shape index (κ3) is 4.72. The zero-order valence-corrected chi connectivity index (χ0v) is 20.4. The number of aromatic nitrogens is 2. The molecule has 0 spiro atoms. The molecule has 37 heavy (non-hydrogen) atoms. The van der Waals surface area contributed by atoms with Crippen LogP contribution in [-0.2, 0) is 9.59 Å². The Kier molecular flexibility index (Phi) is 5.95. The van der Waals surface area contributed by atoms with E-state index in [0.717, 1.165) is 18.8 Å². The minimum Gasteiger partial charge on any atom is -0.454 e. The van der Waals surface area contributed by atoms with Gasteiger partial charge < -0.3 is 23.8 Å². The molecule has 1 fully saturated rings. The van der Waals surface area contributed by atoms with E-state index in [1.807, 2.05) is 12.1 Å². The van der Waals surface area contributed by atoms with E-state index in [1.165, 1.54) is 10.6 Å². The molecule has 0 saturated carbocycles. The molecule has 0 bridgehead atoms. The number of rotatable bonds is 5. The number of benzene rings is 2. The van der Waals surface area contributed by atoms with Gasteiger partial charge in [0.2, 0.25) is 24.4 Å². The summed E-state index contributed by atoms with van der Waals surface area (Å²) in [7, 11) is 0. The number of amides is 2. The smallest absolute Gasteiger partial charge is 0.274 e. The molecule has 0 unspecified atom stereocenters. The lowest BCUT2D eigenvalue weighted by Crippen LogP contribution is -2.51. The van der Waals surface area contributed by atoms with Crippen molar-refractivity contribution in [2.75, 3.05) is 44.4 Å². The van der Waals surface area contributed by atoms with Gasteiger partial charge in [-0.15, -0.1) is 0 Å². The Labute approximate surface area is 213 Å². The van der Waals surface area contributed by atoms with Crippen molar-refractivity contribution in [1.29, 1.82) is 0 Å². The number of fused-ring (bicyclic) bond motifs is 1. The number of nitrogens with zero attached hydrogens (tertiary/aromatic N) is 6. The van der Waals surface area contributed by atoms with Gasteiger partial charge in [-0.05, 0) is 42.8 Å². The van der Waals surface area contributed by atoms with Crippen LogP contribution >= 0.6 is 0 Å². The number of ether oxygens (including phenoxy) is 2. The van der Waals surface area contributed by atoms with E-state index in [9.17, 15) is 9.59 Å². The molecule has 1 saturated heterocycles. The summed E-state index contributed by atoms with van der Waals surface area (Å²) < 4.78 is 16.2. The molecule has 11 heteroatoms. The average molecular weight is 503 g/mol. The maximum absolute atomic E-state index is 13.0. The predicted octanol–water partition coefficient (Wildman–Crippen LogP) is 2.45. The number of hydrazone groups is 1. The lowest BCUT2D eigenvalue weighted by atomic mass is 10.1. The molecular formula is C26H26N6O5. The highest BCUT2D eigenvalue weighted by atomic mass is 16.7. The van der Waals surface area contributed by atoms with E-state index >= 15 is 0 Å². The number of piperazine rings is 1. The summed E-state index contributed by atoms with van der Waals surface area (Å²) in [4.78, 5) is 34.1. The molecule has 3 aliphatic heterocycles. The Morgan fingerprint density at radius 2 is 1.84 bits per heavy atom. The average Bonchev–Trinajstić information content (AvgIpc) is 3.60. The van der Waals surface area contributed by atoms with E-state index in [2.05, 4.69) is 45.3 Å². The molecule has 0 aliphatic carbocycles. The van der Waals surface area contributed by atoms with Gasteiger partial charge in [0.15, 0.2) is 11.5 Å². The van der Waals surface area contributed by atoms with E-state index in [4.69, 9.17) is 14.0 Å². The third-order valence-electron chi connectivity index (χ3n) is 6.69. The molecule has 6 rings (SSSR count). The van der Waals surface area contributed by atoms with Crippen molar-refractivity contribution in [3.8, 4) is 22.9 Å². The highest BCUT2D eigenvalue weighted by molar-refractivity contribution is 6.01. The maximum atomic E-state index is 13.0. The number of anilines is 1. The van der Waals surface area contributed by atoms with Gasteiger partial charge in [0.1, 0.15) is 12.3 Å². The standard InChI is InChI=1S/C26H26N6O5/c1-17-3-2-4-19(13-17)30-9-11-31(12-10-30)24(34)15-32-23(33)8-6-20(28-32)26-27-25(29-37-26)18-5-7-21-22(14-18)36-16-35-21/h2-5,7,13-14H,6,8-12,15-16H2,1H3. The predicted molar refractivity (Wildman–Crippen MR) is 133 cm³/mol. The van der Waals surface area contributed by atoms with Gasteiger partial charge >= 0.3 is 0 Å². The molecule has 3 aliphatic rings. The molecule has 1 aromatic heterocycles. The van der Waals surface area contributed by atoms with Crippen LogP contribution in [0.1, 0.15) is 24.3 Å². The zero-order valence-electron chi connectivity index (χ0n) is 20.4. The number of carbonyl (C=O) groups is 2. The van der Waals surface area contributed by atoms with Gasteiger partial charge in [0, 0.05) is 50.3 Å². The molecule has 2 aromatic carbocycles. The van der Waals surface area contributed by atoms with Crippen molar-refractivity contribution in [3.63, 3.8) is 0 Å². The van der Waals surface area contributed by atoms with Crippen molar-refractivity contribution < 1.29 is 23.6 Å². The minimum atomic E-state index is -0.203. The molecule has 0 radical (unpaired) electrons. The van der Waals surface area contributed by atoms with E-state index in [-0.39, 0.29) is 37.5 Å². The molecule has 3 aromatic rings. The topological polar surface area (TPSA) is 114 Å². The number of hydrogen-bond donors (Lipinski definition) is 0. The van der Waals surface area contributed by atoms with Gasteiger partial charge in [-0.25, -0.2) is 5.01 Å². The molecule has 190 valence electrons. The van der Waals surface area contributed by atoms with Crippen molar-refractivity contribution in [2.45, 2.75) is 19.8 Å². The largest absolute Gasteiger partial charge is 0.454 e. The van der Waals surface area contributed by atoms with Gasteiger partial charge in [0.25, 0.3) is 5.89 Å². The molecule has 11 nitrogen and oxygen atoms in total. The summed E-state index contributed by atoms with van der Waals surface area (Å²) in [6.45, 7) is 4.79. The van der Waals surface area contributed by atoms with Gasteiger partial charge in [-0.2, -0.15) is 10.1 Å². The molecule has 4 heterocycles.